The number of unbranched alkanes of at least 4 members (excludes halogenated alkanes) is 1. The van der Waals surface area contributed by atoms with Crippen molar-refractivity contribution in [3.63, 3.8) is 0 Å². The lowest BCUT2D eigenvalue weighted by atomic mass is 9.98. The third-order valence-corrected chi connectivity index (χ3v) is 6.28. The Morgan fingerprint density at radius 2 is 1.89 bits per heavy atom. The fraction of sp³-hybridized carbons (Fsp3) is 0.276. The van der Waals surface area contributed by atoms with Gasteiger partial charge >= 0.3 is 0 Å². The van der Waals surface area contributed by atoms with Crippen LogP contribution in [0, 0.1) is 0 Å². The van der Waals surface area contributed by atoms with Gasteiger partial charge in [0.05, 0.1) is 6.61 Å². The molecule has 0 spiro atoms. The molecule has 1 amide bonds. The van der Waals surface area contributed by atoms with Crippen LogP contribution in [-0.2, 0) is 0 Å². The molecule has 0 saturated heterocycles. The van der Waals surface area contributed by atoms with Crippen molar-refractivity contribution in [1.82, 2.24) is 10.3 Å². The smallest absolute Gasteiger partial charge is 0.257 e. The highest BCUT2D eigenvalue weighted by atomic mass is 32.1. The number of nitrogens with zero attached hydrogens (tertiary/aromatic N) is 1. The molecule has 6 nitrogen and oxygen atoms in total. The summed E-state index contributed by atoms with van der Waals surface area (Å²) in [6.07, 6.45) is 3.09. The van der Waals surface area contributed by atoms with Crippen LogP contribution in [-0.4, -0.2) is 22.6 Å². The maximum atomic E-state index is 12.6. The summed E-state index contributed by atoms with van der Waals surface area (Å²) in [7, 11) is 0. The van der Waals surface area contributed by atoms with Crippen LogP contribution in [0.5, 0.6) is 5.75 Å². The summed E-state index contributed by atoms with van der Waals surface area (Å²) in [5.41, 5.74) is 4.97. The van der Waals surface area contributed by atoms with Gasteiger partial charge in [-0.2, -0.15) is 0 Å². The van der Waals surface area contributed by atoms with Crippen LogP contribution in [0.4, 0.5) is 5.69 Å². The molecule has 7 heteroatoms. The van der Waals surface area contributed by atoms with Crippen LogP contribution in [0.3, 0.4) is 0 Å². The zero-order valence-electron chi connectivity index (χ0n) is 20.8. The van der Waals surface area contributed by atoms with E-state index < -0.39 is 0 Å². The van der Waals surface area contributed by atoms with Gasteiger partial charge in [0.2, 0.25) is 5.89 Å². The minimum atomic E-state index is -0.298. The van der Waals surface area contributed by atoms with Crippen LogP contribution in [0.25, 0.3) is 22.6 Å². The Balaban J connectivity index is 1.37. The number of oxazole rings is 1. The number of fused-ring (bicyclic) bond motifs is 1. The quantitative estimate of drug-likeness (QED) is 0.185. The molecule has 186 valence electrons. The van der Waals surface area contributed by atoms with Gasteiger partial charge in [0, 0.05) is 16.8 Å². The third-order valence-electron chi connectivity index (χ3n) is 6.07. The van der Waals surface area contributed by atoms with E-state index in [1.807, 2.05) is 36.4 Å². The Bertz CT molecular complexity index is 1350. The first-order chi connectivity index (χ1) is 17.5. The summed E-state index contributed by atoms with van der Waals surface area (Å²) in [6, 6.07) is 20.8. The van der Waals surface area contributed by atoms with Gasteiger partial charge in [-0.05, 0) is 91.1 Å². The number of thiocarbonyl (C=S) groups is 1. The van der Waals surface area contributed by atoms with Crippen molar-refractivity contribution in [3.05, 3.63) is 77.9 Å². The molecule has 2 N–H and O–H groups in total. The summed E-state index contributed by atoms with van der Waals surface area (Å²) in [6.45, 7) is 7.12. The Morgan fingerprint density at radius 3 is 2.64 bits per heavy atom. The van der Waals surface area contributed by atoms with Crippen molar-refractivity contribution in [2.24, 2.45) is 0 Å². The lowest BCUT2D eigenvalue weighted by molar-refractivity contribution is 0.0977. The molecule has 1 atom stereocenters. The summed E-state index contributed by atoms with van der Waals surface area (Å²) < 4.78 is 11.6. The topological polar surface area (TPSA) is 76.4 Å². The van der Waals surface area contributed by atoms with E-state index in [2.05, 4.69) is 48.5 Å². The predicted octanol–water partition coefficient (Wildman–Crippen LogP) is 7.31. The molecular weight excluding hydrogens is 470 g/mol. The summed E-state index contributed by atoms with van der Waals surface area (Å²) in [5.74, 6) is 1.41. The number of hydrogen-bond donors (Lipinski definition) is 2. The largest absolute Gasteiger partial charge is 0.494 e. The highest BCUT2D eigenvalue weighted by Crippen LogP contribution is 2.28. The van der Waals surface area contributed by atoms with Gasteiger partial charge in [0.1, 0.15) is 11.3 Å². The van der Waals surface area contributed by atoms with Gasteiger partial charge in [0.15, 0.2) is 10.7 Å². The summed E-state index contributed by atoms with van der Waals surface area (Å²) in [5, 5.41) is 5.98. The Labute approximate surface area is 217 Å². The normalized spacial score (nSPS) is 11.8. The van der Waals surface area contributed by atoms with Gasteiger partial charge in [-0.25, -0.2) is 4.98 Å². The lowest BCUT2D eigenvalue weighted by Gasteiger charge is -2.11. The van der Waals surface area contributed by atoms with Crippen LogP contribution in [0.2, 0.25) is 0 Å². The number of hydrogen-bond acceptors (Lipinski definition) is 5. The number of rotatable bonds is 9. The van der Waals surface area contributed by atoms with E-state index in [4.69, 9.17) is 21.4 Å². The molecule has 0 saturated carbocycles. The van der Waals surface area contributed by atoms with E-state index >= 15 is 0 Å². The predicted molar refractivity (Wildman–Crippen MR) is 149 cm³/mol. The van der Waals surface area contributed by atoms with Gasteiger partial charge < -0.3 is 14.5 Å². The van der Waals surface area contributed by atoms with Crippen molar-refractivity contribution in [3.8, 4) is 17.2 Å². The van der Waals surface area contributed by atoms with Gasteiger partial charge in [0.25, 0.3) is 5.91 Å². The third kappa shape index (κ3) is 6.29. The molecule has 0 aliphatic rings. The van der Waals surface area contributed by atoms with Crippen LogP contribution < -0.4 is 15.4 Å². The first-order valence-electron chi connectivity index (χ1n) is 12.3. The number of benzene rings is 3. The number of carbonyl (C=O) groups is 1. The highest BCUT2D eigenvalue weighted by molar-refractivity contribution is 7.80. The lowest BCUT2D eigenvalue weighted by Crippen LogP contribution is -2.34. The second-order valence-corrected chi connectivity index (χ2v) is 9.18. The summed E-state index contributed by atoms with van der Waals surface area (Å²) in [4.78, 5) is 17.3. The maximum absolute atomic E-state index is 12.6. The molecule has 0 aliphatic carbocycles. The van der Waals surface area contributed by atoms with E-state index in [9.17, 15) is 4.79 Å². The molecule has 3 aromatic carbocycles. The Morgan fingerprint density at radius 1 is 1.08 bits per heavy atom. The number of aromatic nitrogens is 1. The molecule has 1 heterocycles. The minimum absolute atomic E-state index is 0.212. The first kappa shape index (κ1) is 25.4. The number of ether oxygens (including phenoxy) is 1. The standard InChI is InChI=1S/C29H31N3O3S/c1-4-6-16-34-24-9-7-8-22(17-24)27(33)32-29(36)30-23-13-10-20(11-14-23)28-31-25-18-21(19(3)5-2)12-15-26(25)35-28/h7-15,17-19H,4-6,16H2,1-3H3,(H2,30,32,33,36). The molecular formula is C29H31N3O3S. The van der Waals surface area contributed by atoms with E-state index in [0.717, 1.165) is 41.6 Å². The molecule has 4 rings (SSSR count). The minimum Gasteiger partial charge on any atom is -0.494 e. The average Bonchev–Trinajstić information content (AvgIpc) is 3.32. The second kappa shape index (κ2) is 11.8. The molecule has 0 fully saturated rings. The van der Waals surface area contributed by atoms with Gasteiger partial charge in [-0.3, -0.25) is 10.1 Å². The van der Waals surface area contributed by atoms with E-state index in [-0.39, 0.29) is 11.0 Å². The molecule has 4 aromatic rings. The fourth-order valence-corrected chi connectivity index (χ4v) is 3.92. The molecule has 0 aliphatic heterocycles. The van der Waals surface area contributed by atoms with Crippen molar-refractivity contribution >= 4 is 40.0 Å². The van der Waals surface area contributed by atoms with Crippen molar-refractivity contribution in [2.45, 2.75) is 46.0 Å². The van der Waals surface area contributed by atoms with Crippen molar-refractivity contribution in [1.29, 1.82) is 0 Å². The highest BCUT2D eigenvalue weighted by Gasteiger charge is 2.12. The van der Waals surface area contributed by atoms with Gasteiger partial charge in [-0.15, -0.1) is 0 Å². The summed E-state index contributed by atoms with van der Waals surface area (Å²) >= 11 is 5.34. The van der Waals surface area contributed by atoms with E-state index in [0.29, 0.717) is 29.7 Å². The molecule has 1 unspecified atom stereocenters. The molecule has 1 aromatic heterocycles. The van der Waals surface area contributed by atoms with Crippen LogP contribution in [0.15, 0.2) is 71.1 Å². The Hall–Kier alpha value is -3.71. The number of amides is 1. The van der Waals surface area contributed by atoms with Crippen LogP contribution >= 0.6 is 12.2 Å². The number of nitrogens with one attached hydrogen (secondary N) is 2. The number of anilines is 1. The fourth-order valence-electron chi connectivity index (χ4n) is 3.71. The molecule has 0 radical (unpaired) electrons. The zero-order valence-corrected chi connectivity index (χ0v) is 21.7. The van der Waals surface area contributed by atoms with E-state index in [1.165, 1.54) is 5.56 Å². The molecule has 36 heavy (non-hydrogen) atoms. The van der Waals surface area contributed by atoms with E-state index in [1.54, 1.807) is 18.2 Å². The molecule has 0 bridgehead atoms. The van der Waals surface area contributed by atoms with Crippen LogP contribution in [0.1, 0.15) is 61.9 Å². The average molecular weight is 502 g/mol. The number of carbonyl (C=O) groups excluding carboxylic acids is 1. The second-order valence-electron chi connectivity index (χ2n) is 8.77. The van der Waals surface area contributed by atoms with Crippen molar-refractivity contribution in [2.75, 3.05) is 11.9 Å². The zero-order chi connectivity index (χ0) is 25.5. The van der Waals surface area contributed by atoms with Crippen molar-refractivity contribution < 1.29 is 13.9 Å². The SMILES string of the molecule is CCCCOc1cccc(C(=O)NC(=S)Nc2ccc(-c3nc4cc(C(C)CC)ccc4o3)cc2)c1. The van der Waals surface area contributed by atoms with Gasteiger partial charge in [-0.1, -0.05) is 39.3 Å². The monoisotopic (exact) mass is 501 g/mol. The maximum Gasteiger partial charge on any atom is 0.257 e. The Kier molecular flexibility index (Phi) is 8.33. The first-order valence-corrected chi connectivity index (χ1v) is 12.7.